The molecule has 0 fully saturated rings. The zero-order valence-electron chi connectivity index (χ0n) is 10.4. The first-order valence-electron chi connectivity index (χ1n) is 6.07. The summed E-state index contributed by atoms with van der Waals surface area (Å²) in [5.41, 5.74) is 0.843. The lowest BCUT2D eigenvalue weighted by Gasteiger charge is -2.06. The molecule has 19 heavy (non-hydrogen) atoms. The number of nitrogens with one attached hydrogen (secondary N) is 1. The van der Waals surface area contributed by atoms with Crippen LogP contribution < -0.4 is 5.32 Å². The number of aryl methyl sites for hydroxylation is 1. The predicted octanol–water partition coefficient (Wildman–Crippen LogP) is 3.73. The van der Waals surface area contributed by atoms with Crippen LogP contribution in [0.25, 0.3) is 5.65 Å². The number of anilines is 1. The number of nitrogens with zero attached hydrogens (tertiary/aromatic N) is 3. The predicted molar refractivity (Wildman–Crippen MR) is 81.7 cm³/mol. The van der Waals surface area contributed by atoms with E-state index >= 15 is 0 Å². The third-order valence-electron chi connectivity index (χ3n) is 2.84. The van der Waals surface area contributed by atoms with Crippen LogP contribution in [0.5, 0.6) is 0 Å². The Labute approximate surface area is 123 Å². The van der Waals surface area contributed by atoms with Crippen LogP contribution in [0, 0.1) is 0 Å². The lowest BCUT2D eigenvalue weighted by molar-refractivity contribution is 1.06. The zero-order valence-corrected chi connectivity index (χ0v) is 12.8. The molecule has 98 valence electrons. The highest BCUT2D eigenvalue weighted by atomic mass is 79.9. The van der Waals surface area contributed by atoms with Gasteiger partial charge in [0, 0.05) is 28.3 Å². The molecule has 0 aliphatic heterocycles. The van der Waals surface area contributed by atoms with Gasteiger partial charge in [0.15, 0.2) is 11.5 Å². The monoisotopic (exact) mass is 336 g/mol. The summed E-state index contributed by atoms with van der Waals surface area (Å²) < 4.78 is 2.74. The van der Waals surface area contributed by atoms with Crippen LogP contribution in [0.15, 0.2) is 35.3 Å². The maximum Gasteiger partial charge on any atom is 0.180 e. The molecule has 4 nitrogen and oxygen atoms in total. The summed E-state index contributed by atoms with van der Waals surface area (Å²) in [5.74, 6) is 0.797. The molecule has 3 aromatic heterocycles. The van der Waals surface area contributed by atoms with Gasteiger partial charge in [-0.15, -0.1) is 11.3 Å². The number of thiophene rings is 1. The van der Waals surface area contributed by atoms with Crippen molar-refractivity contribution < 1.29 is 0 Å². The molecule has 0 unspecified atom stereocenters. The van der Waals surface area contributed by atoms with Crippen LogP contribution in [0.2, 0.25) is 0 Å². The molecule has 0 radical (unpaired) electrons. The van der Waals surface area contributed by atoms with Gasteiger partial charge < -0.3 is 9.72 Å². The van der Waals surface area contributed by atoms with E-state index in [2.05, 4.69) is 50.3 Å². The molecule has 3 rings (SSSR count). The lowest BCUT2D eigenvalue weighted by Crippen LogP contribution is -2.03. The van der Waals surface area contributed by atoms with E-state index < -0.39 is 0 Å². The molecular formula is C13H13BrN4S. The van der Waals surface area contributed by atoms with Crippen molar-refractivity contribution in [1.29, 1.82) is 0 Å². The van der Waals surface area contributed by atoms with Gasteiger partial charge in [-0.05, 0) is 34.5 Å². The van der Waals surface area contributed by atoms with Crippen LogP contribution in [0.3, 0.4) is 0 Å². The van der Waals surface area contributed by atoms with Gasteiger partial charge in [0.25, 0.3) is 0 Å². The highest BCUT2D eigenvalue weighted by Crippen LogP contribution is 2.20. The highest BCUT2D eigenvalue weighted by molar-refractivity contribution is 9.10. The summed E-state index contributed by atoms with van der Waals surface area (Å²) in [4.78, 5) is 11.5. The Balaban J connectivity index is 1.83. The first-order chi connectivity index (χ1) is 9.26. The van der Waals surface area contributed by atoms with Gasteiger partial charge in [-0.1, -0.05) is 6.92 Å². The summed E-state index contributed by atoms with van der Waals surface area (Å²) >= 11 is 5.25. The number of fused-ring (bicyclic) bond motifs is 1. The standard InChI is InChI=1S/C13H13BrN4S/c1-2-9-3-4-10(19-9)7-16-12-13-15-5-6-18(13)8-11(14)17-12/h3-6,8H,2,7H2,1H3,(H,16,17). The number of rotatable bonds is 4. The smallest absolute Gasteiger partial charge is 0.180 e. The Morgan fingerprint density at radius 3 is 3.00 bits per heavy atom. The number of imidazole rings is 1. The quantitative estimate of drug-likeness (QED) is 0.789. The number of halogens is 1. The summed E-state index contributed by atoms with van der Waals surface area (Å²) in [5, 5.41) is 3.35. The van der Waals surface area contributed by atoms with Crippen molar-refractivity contribution in [3.05, 3.63) is 45.1 Å². The minimum atomic E-state index is 0.774. The molecule has 3 heterocycles. The molecule has 0 saturated heterocycles. The molecule has 3 aromatic rings. The summed E-state index contributed by atoms with van der Waals surface area (Å²) in [7, 11) is 0. The van der Waals surface area contributed by atoms with Gasteiger partial charge in [-0.25, -0.2) is 9.97 Å². The molecule has 0 atom stereocenters. The van der Waals surface area contributed by atoms with E-state index in [4.69, 9.17) is 0 Å². The van der Waals surface area contributed by atoms with Crippen molar-refractivity contribution in [2.45, 2.75) is 19.9 Å². The molecule has 0 aromatic carbocycles. The topological polar surface area (TPSA) is 42.2 Å². The van der Waals surface area contributed by atoms with Gasteiger partial charge in [0.05, 0.1) is 6.54 Å². The van der Waals surface area contributed by atoms with Gasteiger partial charge in [-0.2, -0.15) is 0 Å². The van der Waals surface area contributed by atoms with Gasteiger partial charge in [0.2, 0.25) is 0 Å². The Kier molecular flexibility index (Phi) is 3.52. The summed E-state index contributed by atoms with van der Waals surface area (Å²) in [6, 6.07) is 4.35. The van der Waals surface area contributed by atoms with Crippen LogP contribution in [-0.4, -0.2) is 14.4 Å². The molecule has 0 aliphatic carbocycles. The number of hydrogen-bond acceptors (Lipinski definition) is 4. The fourth-order valence-electron chi connectivity index (χ4n) is 1.90. The van der Waals surface area contributed by atoms with Crippen molar-refractivity contribution in [2.75, 3.05) is 5.32 Å². The largest absolute Gasteiger partial charge is 0.362 e. The van der Waals surface area contributed by atoms with Crippen LogP contribution in [0.4, 0.5) is 5.82 Å². The van der Waals surface area contributed by atoms with E-state index in [1.54, 1.807) is 6.20 Å². The van der Waals surface area contributed by atoms with Crippen molar-refractivity contribution in [3.63, 3.8) is 0 Å². The van der Waals surface area contributed by atoms with Crippen LogP contribution in [0.1, 0.15) is 16.7 Å². The number of hydrogen-bond donors (Lipinski definition) is 1. The van der Waals surface area contributed by atoms with Crippen molar-refractivity contribution in [3.8, 4) is 0 Å². The Morgan fingerprint density at radius 1 is 1.37 bits per heavy atom. The Hall–Kier alpha value is -1.40. The van der Waals surface area contributed by atoms with E-state index in [0.717, 1.165) is 29.0 Å². The fraction of sp³-hybridized carbons (Fsp3) is 0.231. The normalized spacial score (nSPS) is 11.1. The van der Waals surface area contributed by atoms with Crippen molar-refractivity contribution in [1.82, 2.24) is 14.4 Å². The van der Waals surface area contributed by atoms with Crippen LogP contribution in [-0.2, 0) is 13.0 Å². The Bertz CT molecular complexity index is 704. The highest BCUT2D eigenvalue weighted by Gasteiger charge is 2.06. The molecule has 0 aliphatic rings. The molecular weight excluding hydrogens is 324 g/mol. The van der Waals surface area contributed by atoms with Crippen molar-refractivity contribution in [2.24, 2.45) is 0 Å². The van der Waals surface area contributed by atoms with E-state index in [0.29, 0.717) is 0 Å². The van der Waals surface area contributed by atoms with Gasteiger partial charge >= 0.3 is 0 Å². The minimum absolute atomic E-state index is 0.774. The van der Waals surface area contributed by atoms with E-state index in [9.17, 15) is 0 Å². The van der Waals surface area contributed by atoms with E-state index in [-0.39, 0.29) is 0 Å². The first-order valence-corrected chi connectivity index (χ1v) is 7.68. The van der Waals surface area contributed by atoms with Gasteiger partial charge in [0.1, 0.15) is 4.60 Å². The third-order valence-corrected chi connectivity index (χ3v) is 4.45. The molecule has 0 spiro atoms. The van der Waals surface area contributed by atoms with Gasteiger partial charge in [-0.3, -0.25) is 0 Å². The average Bonchev–Trinajstić information content (AvgIpc) is 3.03. The van der Waals surface area contributed by atoms with Crippen molar-refractivity contribution >= 4 is 38.7 Å². The molecule has 1 N–H and O–H groups in total. The SMILES string of the molecule is CCc1ccc(CNc2nc(Br)cn3ccnc23)s1. The summed E-state index contributed by atoms with van der Waals surface area (Å²) in [6.45, 7) is 2.95. The third kappa shape index (κ3) is 2.64. The first kappa shape index (κ1) is 12.6. The molecule has 0 amide bonds. The van der Waals surface area contributed by atoms with E-state index in [1.807, 2.05) is 28.1 Å². The zero-order chi connectivity index (χ0) is 13.2. The molecule has 0 saturated carbocycles. The maximum atomic E-state index is 4.44. The Morgan fingerprint density at radius 2 is 2.21 bits per heavy atom. The molecule has 0 bridgehead atoms. The second kappa shape index (κ2) is 5.30. The second-order valence-electron chi connectivity index (χ2n) is 4.15. The molecule has 6 heteroatoms. The van der Waals surface area contributed by atoms with E-state index in [1.165, 1.54) is 9.75 Å². The number of aromatic nitrogens is 3. The lowest BCUT2D eigenvalue weighted by atomic mass is 10.3. The second-order valence-corrected chi connectivity index (χ2v) is 6.21. The summed E-state index contributed by atoms with van der Waals surface area (Å²) in [6.07, 6.45) is 6.67. The average molecular weight is 337 g/mol. The maximum absolute atomic E-state index is 4.44. The minimum Gasteiger partial charge on any atom is -0.362 e. The fourth-order valence-corrected chi connectivity index (χ4v) is 3.19. The van der Waals surface area contributed by atoms with Crippen LogP contribution >= 0.6 is 27.3 Å².